The van der Waals surface area contributed by atoms with Gasteiger partial charge in [0.25, 0.3) is 0 Å². The van der Waals surface area contributed by atoms with Gasteiger partial charge in [0.2, 0.25) is 0 Å². The SMILES string of the molecule is CC1C(O)C2CC1C1C3CC(C21)C1(COC(=O)C1)C3. The summed E-state index contributed by atoms with van der Waals surface area (Å²) >= 11 is 0. The highest BCUT2D eigenvalue weighted by atomic mass is 16.5. The van der Waals surface area contributed by atoms with Gasteiger partial charge in [-0.3, -0.25) is 4.79 Å². The van der Waals surface area contributed by atoms with Crippen molar-refractivity contribution in [3.05, 3.63) is 0 Å². The molecule has 4 aliphatic carbocycles. The number of hydrogen-bond donors (Lipinski definition) is 1. The van der Waals surface area contributed by atoms with E-state index in [9.17, 15) is 9.90 Å². The average Bonchev–Trinajstić information content (AvgIpc) is 3.11. The number of carbonyl (C=O) groups excluding carboxylic acids is 1. The molecular weight excluding hydrogens is 240 g/mol. The van der Waals surface area contributed by atoms with Gasteiger partial charge in [-0.25, -0.2) is 0 Å². The predicted octanol–water partition coefficient (Wildman–Crippen LogP) is 1.84. The molecule has 4 saturated carbocycles. The van der Waals surface area contributed by atoms with Crippen LogP contribution in [0, 0.1) is 46.8 Å². The minimum Gasteiger partial charge on any atom is -0.465 e. The molecule has 3 nitrogen and oxygen atoms in total. The van der Waals surface area contributed by atoms with E-state index >= 15 is 0 Å². The number of rotatable bonds is 0. The Balaban J connectivity index is 1.52. The molecule has 5 fully saturated rings. The van der Waals surface area contributed by atoms with E-state index < -0.39 is 0 Å². The molecular formula is C16H22O3. The van der Waals surface area contributed by atoms with Gasteiger partial charge >= 0.3 is 5.97 Å². The summed E-state index contributed by atoms with van der Waals surface area (Å²) in [4.78, 5) is 11.6. The van der Waals surface area contributed by atoms with Crippen molar-refractivity contribution in [1.29, 1.82) is 0 Å². The fourth-order valence-electron chi connectivity index (χ4n) is 7.18. The van der Waals surface area contributed by atoms with Crippen molar-refractivity contribution in [2.24, 2.45) is 46.8 Å². The van der Waals surface area contributed by atoms with Crippen LogP contribution in [0.5, 0.6) is 0 Å². The second-order valence-corrected chi connectivity index (χ2v) is 8.07. The molecule has 5 aliphatic rings. The van der Waals surface area contributed by atoms with Gasteiger partial charge in [0.05, 0.1) is 19.1 Å². The van der Waals surface area contributed by atoms with Crippen molar-refractivity contribution in [3.63, 3.8) is 0 Å². The summed E-state index contributed by atoms with van der Waals surface area (Å²) in [6.45, 7) is 2.91. The summed E-state index contributed by atoms with van der Waals surface area (Å²) in [6, 6.07) is 0. The van der Waals surface area contributed by atoms with Crippen LogP contribution in [0.3, 0.4) is 0 Å². The first-order valence-electron chi connectivity index (χ1n) is 7.94. The third-order valence-corrected chi connectivity index (χ3v) is 7.67. The maximum Gasteiger partial charge on any atom is 0.306 e. The monoisotopic (exact) mass is 262 g/mol. The van der Waals surface area contributed by atoms with Crippen LogP contribution in [0.1, 0.15) is 32.6 Å². The molecule has 0 aromatic rings. The van der Waals surface area contributed by atoms with E-state index in [2.05, 4.69) is 6.92 Å². The van der Waals surface area contributed by atoms with Crippen molar-refractivity contribution < 1.29 is 14.6 Å². The summed E-state index contributed by atoms with van der Waals surface area (Å²) in [7, 11) is 0. The number of ether oxygens (including phenoxy) is 1. The highest BCUT2D eigenvalue weighted by molar-refractivity contribution is 5.72. The minimum absolute atomic E-state index is 0.0150. The first-order valence-corrected chi connectivity index (χ1v) is 7.94. The van der Waals surface area contributed by atoms with Gasteiger partial charge in [0.1, 0.15) is 0 Å². The maximum absolute atomic E-state index is 11.6. The molecule has 3 heteroatoms. The lowest BCUT2D eigenvalue weighted by Crippen LogP contribution is -2.46. The van der Waals surface area contributed by atoms with Crippen LogP contribution in [0.2, 0.25) is 0 Å². The highest BCUT2D eigenvalue weighted by Crippen LogP contribution is 2.74. The van der Waals surface area contributed by atoms with Gasteiger partial charge in [-0.1, -0.05) is 6.92 Å². The maximum atomic E-state index is 11.6. The Kier molecular flexibility index (Phi) is 1.87. The molecule has 0 aromatic carbocycles. The lowest BCUT2D eigenvalue weighted by Gasteiger charge is -2.46. The van der Waals surface area contributed by atoms with Crippen molar-refractivity contribution in [2.45, 2.75) is 38.7 Å². The van der Waals surface area contributed by atoms with Gasteiger partial charge in [0.15, 0.2) is 0 Å². The highest BCUT2D eigenvalue weighted by Gasteiger charge is 2.71. The van der Waals surface area contributed by atoms with Crippen LogP contribution < -0.4 is 0 Å². The molecule has 1 aliphatic heterocycles. The number of hydrogen-bond acceptors (Lipinski definition) is 3. The van der Waals surface area contributed by atoms with Gasteiger partial charge in [-0.2, -0.15) is 0 Å². The van der Waals surface area contributed by atoms with E-state index in [1.807, 2.05) is 0 Å². The quantitative estimate of drug-likeness (QED) is 0.535. The molecule has 0 aromatic heterocycles. The Hall–Kier alpha value is -0.570. The van der Waals surface area contributed by atoms with E-state index in [1.165, 1.54) is 19.3 Å². The molecule has 9 atom stereocenters. The van der Waals surface area contributed by atoms with Crippen molar-refractivity contribution in [2.75, 3.05) is 6.61 Å². The van der Waals surface area contributed by atoms with Crippen molar-refractivity contribution >= 4 is 5.97 Å². The van der Waals surface area contributed by atoms with Crippen molar-refractivity contribution in [3.8, 4) is 0 Å². The number of cyclic esters (lactones) is 1. The molecule has 9 unspecified atom stereocenters. The Morgan fingerprint density at radius 3 is 2.84 bits per heavy atom. The second-order valence-electron chi connectivity index (χ2n) is 8.07. The first kappa shape index (κ1) is 11.1. The van der Waals surface area contributed by atoms with E-state index in [-0.39, 0.29) is 17.5 Å². The smallest absolute Gasteiger partial charge is 0.306 e. The van der Waals surface area contributed by atoms with Crippen LogP contribution in [0.4, 0.5) is 0 Å². The zero-order valence-corrected chi connectivity index (χ0v) is 11.4. The zero-order valence-electron chi connectivity index (χ0n) is 11.4. The van der Waals surface area contributed by atoms with E-state index in [0.29, 0.717) is 36.7 Å². The van der Waals surface area contributed by atoms with E-state index in [4.69, 9.17) is 4.74 Å². The molecule has 0 amide bonds. The first-order chi connectivity index (χ1) is 9.11. The van der Waals surface area contributed by atoms with Crippen molar-refractivity contribution in [1.82, 2.24) is 0 Å². The topological polar surface area (TPSA) is 46.5 Å². The number of fused-ring (bicyclic) bond motifs is 10. The summed E-state index contributed by atoms with van der Waals surface area (Å²) < 4.78 is 5.32. The van der Waals surface area contributed by atoms with E-state index in [0.717, 1.165) is 17.8 Å². The summed E-state index contributed by atoms with van der Waals surface area (Å²) in [5.41, 5.74) is 0.163. The molecule has 1 N–H and O–H groups in total. The Morgan fingerprint density at radius 1 is 1.26 bits per heavy atom. The lowest BCUT2D eigenvalue weighted by atomic mass is 9.59. The third-order valence-electron chi connectivity index (χ3n) is 7.67. The average molecular weight is 262 g/mol. The van der Waals surface area contributed by atoms with Crippen LogP contribution in [-0.2, 0) is 9.53 Å². The van der Waals surface area contributed by atoms with Crippen LogP contribution in [0.25, 0.3) is 0 Å². The lowest BCUT2D eigenvalue weighted by molar-refractivity contribution is -0.137. The Morgan fingerprint density at radius 2 is 2.11 bits per heavy atom. The molecule has 5 rings (SSSR count). The predicted molar refractivity (Wildman–Crippen MR) is 68.0 cm³/mol. The van der Waals surface area contributed by atoms with Gasteiger partial charge in [0, 0.05) is 5.41 Å². The fraction of sp³-hybridized carbons (Fsp3) is 0.938. The van der Waals surface area contributed by atoms with E-state index in [1.54, 1.807) is 0 Å². The number of esters is 1. The summed E-state index contributed by atoms with van der Waals surface area (Å²) in [5, 5.41) is 10.4. The normalized spacial score (nSPS) is 65.1. The molecule has 1 saturated heterocycles. The summed E-state index contributed by atoms with van der Waals surface area (Å²) in [5.74, 6) is 4.83. The Labute approximate surface area is 113 Å². The van der Waals surface area contributed by atoms with Gasteiger partial charge in [-0.15, -0.1) is 0 Å². The second kappa shape index (κ2) is 3.19. The number of aliphatic hydroxyl groups is 1. The largest absolute Gasteiger partial charge is 0.465 e. The molecule has 4 bridgehead atoms. The van der Waals surface area contributed by atoms with Gasteiger partial charge in [-0.05, 0) is 60.7 Å². The standard InChI is InChI=1S/C16H22O3/c1-7-9-3-10(15(7)18)14-11-2-8(13(9)14)4-16(11)5-12(17)19-6-16/h7-11,13-15,18H,2-6H2,1H3. The minimum atomic E-state index is -0.0827. The van der Waals surface area contributed by atoms with Gasteiger partial charge < -0.3 is 9.84 Å². The number of carbonyl (C=O) groups is 1. The molecule has 104 valence electrons. The molecule has 1 spiro atoms. The molecule has 19 heavy (non-hydrogen) atoms. The molecule has 1 heterocycles. The van der Waals surface area contributed by atoms with Crippen LogP contribution in [-0.4, -0.2) is 23.8 Å². The van der Waals surface area contributed by atoms with Crippen LogP contribution >= 0.6 is 0 Å². The summed E-state index contributed by atoms with van der Waals surface area (Å²) in [6.07, 6.45) is 4.34. The fourth-order valence-corrected chi connectivity index (χ4v) is 7.18. The third kappa shape index (κ3) is 1.10. The van der Waals surface area contributed by atoms with Crippen LogP contribution in [0.15, 0.2) is 0 Å². The molecule has 0 radical (unpaired) electrons. The number of aliphatic hydroxyl groups excluding tert-OH is 1. The zero-order chi connectivity index (χ0) is 12.9. The Bertz CT molecular complexity index is 461.